The molecule has 2 aromatic carbocycles. The van der Waals surface area contributed by atoms with Gasteiger partial charge in [-0.25, -0.2) is 4.79 Å². The highest BCUT2D eigenvalue weighted by Crippen LogP contribution is 2.44. The van der Waals surface area contributed by atoms with E-state index in [0.29, 0.717) is 0 Å². The number of hydrogen-bond acceptors (Lipinski definition) is 5. The molecule has 0 spiro atoms. The van der Waals surface area contributed by atoms with Gasteiger partial charge >= 0.3 is 5.97 Å². The topological polar surface area (TPSA) is 128 Å². The van der Waals surface area contributed by atoms with Crippen LogP contribution in [0.25, 0.3) is 10.8 Å². The number of aromatic amines is 1. The fraction of sp³-hybridized carbons (Fsp3) is 0.0556. The van der Waals surface area contributed by atoms with Gasteiger partial charge in [-0.3, -0.25) is 9.59 Å². The first kappa shape index (κ1) is 14.9. The summed E-state index contributed by atoms with van der Waals surface area (Å²) < 4.78 is 0. The molecule has 0 atom stereocenters. The molecule has 3 aromatic rings. The highest BCUT2D eigenvalue weighted by molar-refractivity contribution is 6.33. The summed E-state index contributed by atoms with van der Waals surface area (Å²) in [4.78, 5) is 39.8. The van der Waals surface area contributed by atoms with Crippen LogP contribution in [0.1, 0.15) is 48.0 Å². The molecule has 25 heavy (non-hydrogen) atoms. The minimum Gasteiger partial charge on any atom is -0.506 e. The first-order valence-electron chi connectivity index (χ1n) is 7.36. The van der Waals surface area contributed by atoms with E-state index in [2.05, 4.69) is 4.98 Å². The molecule has 1 aromatic heterocycles. The number of carboxylic acid groups (broad SMARTS) is 1. The summed E-state index contributed by atoms with van der Waals surface area (Å²) in [5.41, 5.74) is -1.37. The molecular formula is C18H11NO6. The van der Waals surface area contributed by atoms with Crippen molar-refractivity contribution < 1.29 is 29.7 Å². The number of carbonyl (C=O) groups is 3. The molecule has 4 rings (SSSR count). The summed E-state index contributed by atoms with van der Waals surface area (Å²) in [6.07, 6.45) is 0. The SMILES string of the molecule is Cc1[nH]c2c(c1C(=O)O)C(=O)c1c(c(O)c3ccccc3c1O)C2=O. The van der Waals surface area contributed by atoms with Crippen LogP contribution in [-0.2, 0) is 0 Å². The Hall–Kier alpha value is -3.61. The summed E-state index contributed by atoms with van der Waals surface area (Å²) in [5.74, 6) is -3.79. The van der Waals surface area contributed by atoms with Crippen molar-refractivity contribution in [3.63, 3.8) is 0 Å². The zero-order valence-electron chi connectivity index (χ0n) is 12.9. The van der Waals surface area contributed by atoms with Crippen LogP contribution in [0.3, 0.4) is 0 Å². The quantitative estimate of drug-likeness (QED) is 0.395. The Bertz CT molecular complexity index is 1140. The van der Waals surface area contributed by atoms with Crippen LogP contribution >= 0.6 is 0 Å². The first-order chi connectivity index (χ1) is 11.8. The van der Waals surface area contributed by atoms with Crippen LogP contribution in [0.4, 0.5) is 0 Å². The Labute approximate surface area is 140 Å². The van der Waals surface area contributed by atoms with Crippen LogP contribution in [0, 0.1) is 6.92 Å². The van der Waals surface area contributed by atoms with Gasteiger partial charge in [-0.05, 0) is 6.92 Å². The lowest BCUT2D eigenvalue weighted by Gasteiger charge is -2.19. The molecule has 7 nitrogen and oxygen atoms in total. The van der Waals surface area contributed by atoms with Gasteiger partial charge in [0, 0.05) is 16.5 Å². The highest BCUT2D eigenvalue weighted by atomic mass is 16.4. The van der Waals surface area contributed by atoms with E-state index in [1.54, 1.807) is 12.1 Å². The number of H-pyrrole nitrogens is 1. The number of aromatic hydroxyl groups is 2. The largest absolute Gasteiger partial charge is 0.506 e. The predicted molar refractivity (Wildman–Crippen MR) is 86.6 cm³/mol. The maximum absolute atomic E-state index is 12.9. The van der Waals surface area contributed by atoms with Crippen LogP contribution in [0.2, 0.25) is 0 Å². The zero-order chi connectivity index (χ0) is 18.0. The van der Waals surface area contributed by atoms with Gasteiger partial charge in [0.15, 0.2) is 0 Å². The minimum atomic E-state index is -1.36. The summed E-state index contributed by atoms with van der Waals surface area (Å²) in [5, 5.41) is 30.8. The molecule has 0 unspecified atom stereocenters. The van der Waals surface area contributed by atoms with E-state index in [4.69, 9.17) is 0 Å². The number of ketones is 2. The van der Waals surface area contributed by atoms with Crippen LogP contribution < -0.4 is 0 Å². The average Bonchev–Trinajstić information content (AvgIpc) is 2.94. The number of aromatic nitrogens is 1. The summed E-state index contributed by atoms with van der Waals surface area (Å²) >= 11 is 0. The smallest absolute Gasteiger partial charge is 0.338 e. The molecule has 0 radical (unpaired) electrons. The number of carbonyl (C=O) groups excluding carboxylic acids is 2. The lowest BCUT2D eigenvalue weighted by Crippen LogP contribution is -2.22. The second-order valence-corrected chi connectivity index (χ2v) is 5.83. The molecule has 0 fully saturated rings. The number of phenols is 2. The Kier molecular flexibility index (Phi) is 2.81. The fourth-order valence-electron chi connectivity index (χ4n) is 3.38. The number of rotatable bonds is 1. The third-order valence-corrected chi connectivity index (χ3v) is 4.47. The van der Waals surface area contributed by atoms with Crippen LogP contribution in [-0.4, -0.2) is 37.8 Å². The molecule has 0 aliphatic heterocycles. The Balaban J connectivity index is 2.17. The lowest BCUT2D eigenvalue weighted by atomic mass is 9.83. The van der Waals surface area contributed by atoms with Gasteiger partial charge in [0.05, 0.1) is 27.9 Å². The number of benzene rings is 2. The van der Waals surface area contributed by atoms with Crippen molar-refractivity contribution in [3.8, 4) is 11.5 Å². The van der Waals surface area contributed by atoms with Crippen molar-refractivity contribution in [2.45, 2.75) is 6.92 Å². The second-order valence-electron chi connectivity index (χ2n) is 5.83. The van der Waals surface area contributed by atoms with Crippen molar-refractivity contribution in [2.75, 3.05) is 0 Å². The van der Waals surface area contributed by atoms with E-state index in [-0.39, 0.29) is 44.4 Å². The Morgan fingerprint density at radius 2 is 1.44 bits per heavy atom. The molecule has 4 N–H and O–H groups in total. The molecule has 0 amide bonds. The molecule has 124 valence electrons. The summed E-state index contributed by atoms with van der Waals surface area (Å²) in [6, 6.07) is 6.24. The predicted octanol–water partition coefficient (Wildman–Crippen LogP) is 2.36. The highest BCUT2D eigenvalue weighted by Gasteiger charge is 2.40. The van der Waals surface area contributed by atoms with E-state index in [1.165, 1.54) is 19.1 Å². The van der Waals surface area contributed by atoms with Gasteiger partial charge in [-0.2, -0.15) is 0 Å². The number of fused-ring (bicyclic) bond motifs is 3. The number of hydrogen-bond donors (Lipinski definition) is 4. The van der Waals surface area contributed by atoms with E-state index in [1.807, 2.05) is 0 Å². The molecule has 1 aliphatic rings. The van der Waals surface area contributed by atoms with Crippen LogP contribution in [0.15, 0.2) is 24.3 Å². The summed E-state index contributed by atoms with van der Waals surface area (Å²) in [6.45, 7) is 1.43. The molecule has 0 saturated heterocycles. The first-order valence-corrected chi connectivity index (χ1v) is 7.36. The lowest BCUT2D eigenvalue weighted by molar-refractivity contribution is 0.0692. The van der Waals surface area contributed by atoms with Gasteiger partial charge in [-0.15, -0.1) is 0 Å². The van der Waals surface area contributed by atoms with Gasteiger partial charge in [-0.1, -0.05) is 24.3 Å². The Morgan fingerprint density at radius 3 is 1.96 bits per heavy atom. The molecule has 1 aliphatic carbocycles. The maximum atomic E-state index is 12.9. The standard InChI is InChI=1S/C18H11NO6/c1-6-9(18(24)25)10-13(19-6)17(23)12-11(16(10)22)14(20)7-4-2-3-5-8(7)15(12)21/h2-5,19-21H,1H3,(H,24,25). The number of carboxylic acids is 1. The van der Waals surface area contributed by atoms with Crippen molar-refractivity contribution in [1.82, 2.24) is 4.98 Å². The van der Waals surface area contributed by atoms with E-state index in [0.717, 1.165) is 0 Å². The normalized spacial score (nSPS) is 13.0. The second kappa shape index (κ2) is 4.70. The summed E-state index contributed by atoms with van der Waals surface area (Å²) in [7, 11) is 0. The number of phenolic OH excluding ortho intramolecular Hbond substituents is 2. The fourth-order valence-corrected chi connectivity index (χ4v) is 3.38. The van der Waals surface area contributed by atoms with Gasteiger partial charge in [0.25, 0.3) is 0 Å². The molecule has 7 heteroatoms. The molecule has 0 bridgehead atoms. The molecule has 1 heterocycles. The minimum absolute atomic E-state index is 0.149. The van der Waals surface area contributed by atoms with Crippen molar-refractivity contribution in [3.05, 3.63) is 57.9 Å². The van der Waals surface area contributed by atoms with Crippen LogP contribution in [0.5, 0.6) is 11.5 Å². The average molecular weight is 337 g/mol. The van der Waals surface area contributed by atoms with Crippen molar-refractivity contribution in [1.29, 1.82) is 0 Å². The van der Waals surface area contributed by atoms with Crippen molar-refractivity contribution >= 4 is 28.3 Å². The van der Waals surface area contributed by atoms with E-state index >= 15 is 0 Å². The third-order valence-electron chi connectivity index (χ3n) is 4.47. The maximum Gasteiger partial charge on any atom is 0.338 e. The van der Waals surface area contributed by atoms with Crippen molar-refractivity contribution in [2.24, 2.45) is 0 Å². The number of nitrogens with one attached hydrogen (secondary N) is 1. The zero-order valence-corrected chi connectivity index (χ0v) is 12.9. The third kappa shape index (κ3) is 1.72. The van der Waals surface area contributed by atoms with E-state index in [9.17, 15) is 29.7 Å². The Morgan fingerprint density at radius 1 is 0.920 bits per heavy atom. The number of aryl methyl sites for hydroxylation is 1. The van der Waals surface area contributed by atoms with Gasteiger partial charge < -0.3 is 20.3 Å². The molecular weight excluding hydrogens is 326 g/mol. The van der Waals surface area contributed by atoms with Gasteiger partial charge in [0.1, 0.15) is 11.5 Å². The monoisotopic (exact) mass is 337 g/mol. The van der Waals surface area contributed by atoms with E-state index < -0.39 is 29.0 Å². The molecule has 0 saturated carbocycles. The van der Waals surface area contributed by atoms with Gasteiger partial charge in [0.2, 0.25) is 11.6 Å². The number of aromatic carboxylic acids is 1.